The Kier molecular flexibility index (Phi) is 5.77. The molecule has 3 unspecified atom stereocenters. The van der Waals surface area contributed by atoms with E-state index >= 15 is 0 Å². The van der Waals surface area contributed by atoms with E-state index in [2.05, 4.69) is 17.6 Å². The minimum atomic E-state index is -0.135. The predicted octanol–water partition coefficient (Wildman–Crippen LogP) is 0.509. The Morgan fingerprint density at radius 3 is 2.88 bits per heavy atom. The summed E-state index contributed by atoms with van der Waals surface area (Å²) in [5, 5.41) is 15.0. The first-order valence-corrected chi connectivity index (χ1v) is 6.24. The molecule has 0 aromatic rings. The first kappa shape index (κ1) is 13.5. The summed E-state index contributed by atoms with van der Waals surface area (Å²) in [5.41, 5.74) is 0. The smallest absolute Gasteiger partial charge is 0.220 e. The van der Waals surface area contributed by atoms with Crippen LogP contribution in [0.15, 0.2) is 0 Å². The highest BCUT2D eigenvalue weighted by atomic mass is 16.3. The summed E-state index contributed by atoms with van der Waals surface area (Å²) in [4.78, 5) is 11.6. The van der Waals surface area contributed by atoms with Gasteiger partial charge in [-0.1, -0.05) is 6.92 Å². The van der Waals surface area contributed by atoms with Crippen LogP contribution in [-0.4, -0.2) is 36.8 Å². The van der Waals surface area contributed by atoms with Crippen molar-refractivity contribution in [1.29, 1.82) is 0 Å². The van der Waals surface area contributed by atoms with Crippen LogP contribution in [-0.2, 0) is 4.79 Å². The zero-order valence-corrected chi connectivity index (χ0v) is 10.3. The minimum absolute atomic E-state index is 0.00506. The molecular formula is C12H24N2O2. The molecule has 94 valence electrons. The third-order valence-electron chi connectivity index (χ3n) is 3.33. The lowest BCUT2D eigenvalue weighted by molar-refractivity contribution is -0.123. The maximum Gasteiger partial charge on any atom is 0.220 e. The molecule has 1 saturated heterocycles. The van der Waals surface area contributed by atoms with Crippen molar-refractivity contribution in [1.82, 2.24) is 10.6 Å². The van der Waals surface area contributed by atoms with Crippen molar-refractivity contribution in [2.45, 2.75) is 39.2 Å². The molecule has 1 amide bonds. The Labute approximate surface area is 97.8 Å². The van der Waals surface area contributed by atoms with Crippen LogP contribution in [0.4, 0.5) is 0 Å². The third kappa shape index (κ3) is 4.49. The van der Waals surface area contributed by atoms with Crippen LogP contribution >= 0.6 is 0 Å². The van der Waals surface area contributed by atoms with Gasteiger partial charge in [0.25, 0.3) is 0 Å². The first-order valence-electron chi connectivity index (χ1n) is 6.24. The van der Waals surface area contributed by atoms with Gasteiger partial charge in [-0.3, -0.25) is 4.79 Å². The fraction of sp³-hybridized carbons (Fsp3) is 0.917. The van der Waals surface area contributed by atoms with Gasteiger partial charge in [-0.25, -0.2) is 0 Å². The Morgan fingerprint density at radius 2 is 2.31 bits per heavy atom. The summed E-state index contributed by atoms with van der Waals surface area (Å²) >= 11 is 0. The molecule has 1 aliphatic rings. The predicted molar refractivity (Wildman–Crippen MR) is 64.1 cm³/mol. The van der Waals surface area contributed by atoms with Gasteiger partial charge in [-0.15, -0.1) is 0 Å². The number of aliphatic hydroxyl groups is 1. The van der Waals surface area contributed by atoms with Crippen molar-refractivity contribution in [2.75, 3.05) is 19.7 Å². The number of amides is 1. The summed E-state index contributed by atoms with van der Waals surface area (Å²) in [6.45, 7) is 6.09. The van der Waals surface area contributed by atoms with Crippen LogP contribution in [0.1, 0.15) is 33.1 Å². The second kappa shape index (κ2) is 6.86. The molecule has 0 aliphatic carbocycles. The molecule has 1 rings (SSSR count). The molecule has 0 aromatic heterocycles. The van der Waals surface area contributed by atoms with Crippen LogP contribution in [0.3, 0.4) is 0 Å². The van der Waals surface area contributed by atoms with Crippen molar-refractivity contribution >= 4 is 5.91 Å². The minimum Gasteiger partial charge on any atom is -0.394 e. The molecule has 1 fully saturated rings. The van der Waals surface area contributed by atoms with Gasteiger partial charge in [-0.2, -0.15) is 0 Å². The first-order chi connectivity index (χ1) is 7.63. The monoisotopic (exact) mass is 228 g/mol. The van der Waals surface area contributed by atoms with Crippen LogP contribution in [0.25, 0.3) is 0 Å². The Morgan fingerprint density at radius 1 is 1.56 bits per heavy atom. The highest BCUT2D eigenvalue weighted by molar-refractivity contribution is 5.76. The normalized spacial score (nSPS) is 24.8. The highest BCUT2D eigenvalue weighted by Crippen LogP contribution is 2.22. The van der Waals surface area contributed by atoms with Gasteiger partial charge >= 0.3 is 0 Å². The standard InChI is InChI=1S/C12H24N2O2/c1-9(11-4-3-5-13-7-11)6-12(16)14-10(2)8-15/h9-11,13,15H,3-8H2,1-2H3,(H,14,16). The maximum atomic E-state index is 11.6. The summed E-state index contributed by atoms with van der Waals surface area (Å²) in [5.74, 6) is 1.09. The molecule has 4 heteroatoms. The van der Waals surface area contributed by atoms with E-state index in [0.29, 0.717) is 18.3 Å². The molecule has 16 heavy (non-hydrogen) atoms. The highest BCUT2D eigenvalue weighted by Gasteiger charge is 2.22. The number of rotatable bonds is 5. The zero-order valence-electron chi connectivity index (χ0n) is 10.3. The second-order valence-electron chi connectivity index (χ2n) is 4.94. The molecule has 0 radical (unpaired) electrons. The van der Waals surface area contributed by atoms with E-state index in [4.69, 9.17) is 5.11 Å². The van der Waals surface area contributed by atoms with Crippen molar-refractivity contribution < 1.29 is 9.90 Å². The fourth-order valence-electron chi connectivity index (χ4n) is 2.20. The average Bonchev–Trinajstić information content (AvgIpc) is 2.29. The fourth-order valence-corrected chi connectivity index (χ4v) is 2.20. The van der Waals surface area contributed by atoms with Crippen molar-refractivity contribution in [3.8, 4) is 0 Å². The van der Waals surface area contributed by atoms with Gasteiger partial charge in [0.2, 0.25) is 5.91 Å². The maximum absolute atomic E-state index is 11.6. The molecule has 4 nitrogen and oxygen atoms in total. The van der Waals surface area contributed by atoms with Crippen molar-refractivity contribution in [3.63, 3.8) is 0 Å². The molecule has 0 aromatic carbocycles. The van der Waals surface area contributed by atoms with Gasteiger partial charge < -0.3 is 15.7 Å². The van der Waals surface area contributed by atoms with Gasteiger partial charge in [-0.05, 0) is 44.7 Å². The van der Waals surface area contributed by atoms with Gasteiger partial charge in [0, 0.05) is 12.5 Å². The summed E-state index contributed by atoms with van der Waals surface area (Å²) in [7, 11) is 0. The van der Waals surface area contributed by atoms with E-state index in [0.717, 1.165) is 13.1 Å². The van der Waals surface area contributed by atoms with E-state index in [-0.39, 0.29) is 18.6 Å². The number of hydrogen-bond donors (Lipinski definition) is 3. The molecule has 0 spiro atoms. The Bertz CT molecular complexity index is 215. The molecule has 3 N–H and O–H groups in total. The lowest BCUT2D eigenvalue weighted by Crippen LogP contribution is -2.38. The quantitative estimate of drug-likeness (QED) is 0.642. The van der Waals surface area contributed by atoms with E-state index in [1.807, 2.05) is 6.92 Å². The Hall–Kier alpha value is -0.610. The molecular weight excluding hydrogens is 204 g/mol. The number of carbonyl (C=O) groups excluding carboxylic acids is 1. The van der Waals surface area contributed by atoms with Crippen LogP contribution < -0.4 is 10.6 Å². The van der Waals surface area contributed by atoms with Crippen LogP contribution in [0, 0.1) is 11.8 Å². The third-order valence-corrected chi connectivity index (χ3v) is 3.33. The van der Waals surface area contributed by atoms with Gasteiger partial charge in [0.05, 0.1) is 6.61 Å². The zero-order chi connectivity index (χ0) is 12.0. The van der Waals surface area contributed by atoms with Gasteiger partial charge in [0.1, 0.15) is 0 Å². The molecule has 3 atom stereocenters. The molecule has 0 bridgehead atoms. The van der Waals surface area contributed by atoms with E-state index in [1.54, 1.807) is 0 Å². The topological polar surface area (TPSA) is 61.4 Å². The van der Waals surface area contributed by atoms with E-state index in [9.17, 15) is 4.79 Å². The molecule has 1 heterocycles. The van der Waals surface area contributed by atoms with E-state index < -0.39 is 0 Å². The number of nitrogens with one attached hydrogen (secondary N) is 2. The SMILES string of the molecule is CC(CO)NC(=O)CC(C)C1CCCNC1. The summed E-state index contributed by atoms with van der Waals surface area (Å²) in [6, 6.07) is -0.135. The Balaban J connectivity index is 2.26. The number of piperidine rings is 1. The molecule has 0 saturated carbocycles. The molecule has 1 aliphatic heterocycles. The lowest BCUT2D eigenvalue weighted by atomic mass is 9.85. The van der Waals surface area contributed by atoms with Gasteiger partial charge in [0.15, 0.2) is 0 Å². The van der Waals surface area contributed by atoms with Crippen LogP contribution in [0.5, 0.6) is 0 Å². The summed E-state index contributed by atoms with van der Waals surface area (Å²) in [6.07, 6.45) is 3.00. The number of hydrogen-bond acceptors (Lipinski definition) is 3. The lowest BCUT2D eigenvalue weighted by Gasteiger charge is -2.28. The van der Waals surface area contributed by atoms with Crippen molar-refractivity contribution in [2.24, 2.45) is 11.8 Å². The number of aliphatic hydroxyl groups excluding tert-OH is 1. The summed E-state index contributed by atoms with van der Waals surface area (Å²) < 4.78 is 0. The van der Waals surface area contributed by atoms with Crippen LogP contribution in [0.2, 0.25) is 0 Å². The number of carbonyl (C=O) groups is 1. The second-order valence-corrected chi connectivity index (χ2v) is 4.94. The average molecular weight is 228 g/mol. The van der Waals surface area contributed by atoms with E-state index in [1.165, 1.54) is 12.8 Å². The largest absolute Gasteiger partial charge is 0.394 e. The van der Waals surface area contributed by atoms with Crippen molar-refractivity contribution in [3.05, 3.63) is 0 Å².